The van der Waals surface area contributed by atoms with Gasteiger partial charge in [0.05, 0.1) is 5.92 Å². The highest BCUT2D eigenvalue weighted by molar-refractivity contribution is 6.32. The van der Waals surface area contributed by atoms with Crippen molar-refractivity contribution in [2.24, 2.45) is 11.3 Å². The van der Waals surface area contributed by atoms with E-state index >= 15 is 0 Å². The van der Waals surface area contributed by atoms with Gasteiger partial charge in [0.1, 0.15) is 5.75 Å². The molecule has 1 fully saturated rings. The number of hydrogen-bond donors (Lipinski definition) is 0. The first-order valence-electron chi connectivity index (χ1n) is 8.37. The van der Waals surface area contributed by atoms with Gasteiger partial charge in [0, 0.05) is 23.5 Å². The molecular weight excluding hydrogens is 326 g/mol. The number of likely N-dealkylation sites (tertiary alicyclic amines) is 1. The van der Waals surface area contributed by atoms with Crippen molar-refractivity contribution >= 4 is 23.5 Å². The maximum absolute atomic E-state index is 12.4. The van der Waals surface area contributed by atoms with Crippen molar-refractivity contribution in [1.29, 1.82) is 0 Å². The SMILES string of the molecule is Cc1cc(OC(=O)C2CCN(C(=O)C(C)(C)C)CC2)cc(C)c1Cl. The second-order valence-corrected chi connectivity index (χ2v) is 7.99. The molecule has 1 aliphatic heterocycles. The third-order valence-corrected chi connectivity index (χ3v) is 4.98. The second kappa shape index (κ2) is 7.14. The Morgan fingerprint density at radius 3 is 2.08 bits per heavy atom. The Hall–Kier alpha value is -1.55. The van der Waals surface area contributed by atoms with Gasteiger partial charge in [-0.3, -0.25) is 9.59 Å². The molecule has 0 bridgehead atoms. The van der Waals surface area contributed by atoms with Crippen LogP contribution in [0.2, 0.25) is 5.02 Å². The maximum Gasteiger partial charge on any atom is 0.314 e. The predicted molar refractivity (Wildman–Crippen MR) is 95.3 cm³/mol. The highest BCUT2D eigenvalue weighted by Crippen LogP contribution is 2.28. The molecule has 1 amide bonds. The monoisotopic (exact) mass is 351 g/mol. The molecule has 1 saturated heterocycles. The number of nitrogens with zero attached hydrogens (tertiary/aromatic N) is 1. The second-order valence-electron chi connectivity index (χ2n) is 7.61. The summed E-state index contributed by atoms with van der Waals surface area (Å²) in [5.74, 6) is 0.287. The molecule has 0 aliphatic carbocycles. The fourth-order valence-corrected chi connectivity index (χ4v) is 3.07. The molecule has 132 valence electrons. The zero-order valence-corrected chi connectivity index (χ0v) is 15.9. The summed E-state index contributed by atoms with van der Waals surface area (Å²) in [6.45, 7) is 10.7. The number of hydrogen-bond acceptors (Lipinski definition) is 3. The van der Waals surface area contributed by atoms with Gasteiger partial charge in [0.2, 0.25) is 5.91 Å². The van der Waals surface area contributed by atoms with E-state index in [0.29, 0.717) is 36.7 Å². The number of rotatable bonds is 2. The average molecular weight is 352 g/mol. The van der Waals surface area contributed by atoms with Crippen molar-refractivity contribution in [1.82, 2.24) is 4.90 Å². The summed E-state index contributed by atoms with van der Waals surface area (Å²) in [4.78, 5) is 26.5. The molecule has 2 rings (SSSR count). The van der Waals surface area contributed by atoms with Crippen molar-refractivity contribution < 1.29 is 14.3 Å². The lowest BCUT2D eigenvalue weighted by Crippen LogP contribution is -2.45. The van der Waals surface area contributed by atoms with E-state index in [-0.39, 0.29) is 23.2 Å². The van der Waals surface area contributed by atoms with Crippen LogP contribution < -0.4 is 4.74 Å². The lowest BCUT2D eigenvalue weighted by Gasteiger charge is -2.34. The summed E-state index contributed by atoms with van der Waals surface area (Å²) in [5.41, 5.74) is 1.40. The summed E-state index contributed by atoms with van der Waals surface area (Å²) < 4.78 is 5.53. The van der Waals surface area contributed by atoms with Crippen LogP contribution >= 0.6 is 11.6 Å². The molecule has 0 saturated carbocycles. The molecule has 4 nitrogen and oxygen atoms in total. The predicted octanol–water partition coefficient (Wildman–Crippen LogP) is 4.15. The molecular formula is C19H26ClNO3. The van der Waals surface area contributed by atoms with E-state index in [9.17, 15) is 9.59 Å². The van der Waals surface area contributed by atoms with Crippen molar-refractivity contribution in [3.05, 3.63) is 28.3 Å². The molecule has 1 aromatic rings. The molecule has 0 aromatic heterocycles. The van der Waals surface area contributed by atoms with Gasteiger partial charge in [0.15, 0.2) is 0 Å². The molecule has 24 heavy (non-hydrogen) atoms. The largest absolute Gasteiger partial charge is 0.426 e. The van der Waals surface area contributed by atoms with Gasteiger partial charge in [-0.25, -0.2) is 0 Å². The number of benzene rings is 1. The lowest BCUT2D eigenvalue weighted by molar-refractivity contribution is -0.146. The van der Waals surface area contributed by atoms with Crippen LogP contribution in [-0.4, -0.2) is 29.9 Å². The van der Waals surface area contributed by atoms with Crippen LogP contribution in [0.4, 0.5) is 0 Å². The molecule has 0 spiro atoms. The summed E-state index contributed by atoms with van der Waals surface area (Å²) in [7, 11) is 0. The van der Waals surface area contributed by atoms with Crippen LogP contribution in [0.1, 0.15) is 44.7 Å². The Bertz CT molecular complexity index is 617. The Kier molecular flexibility index (Phi) is 5.59. The standard InChI is InChI=1S/C19H26ClNO3/c1-12-10-15(11-13(2)16(12)20)24-17(22)14-6-8-21(9-7-14)18(23)19(3,4)5/h10-11,14H,6-9H2,1-5H3. The molecule has 0 unspecified atom stereocenters. The highest BCUT2D eigenvalue weighted by atomic mass is 35.5. The first-order chi connectivity index (χ1) is 11.1. The minimum absolute atomic E-state index is 0.137. The number of aryl methyl sites for hydroxylation is 2. The van der Waals surface area contributed by atoms with Gasteiger partial charge in [-0.15, -0.1) is 0 Å². The number of halogens is 1. The summed E-state index contributed by atoms with van der Waals surface area (Å²) in [6.07, 6.45) is 1.29. The van der Waals surface area contributed by atoms with Gasteiger partial charge < -0.3 is 9.64 Å². The maximum atomic E-state index is 12.4. The zero-order valence-electron chi connectivity index (χ0n) is 15.1. The van der Waals surface area contributed by atoms with Gasteiger partial charge in [-0.05, 0) is 49.9 Å². The normalized spacial score (nSPS) is 16.2. The minimum Gasteiger partial charge on any atom is -0.426 e. The first-order valence-corrected chi connectivity index (χ1v) is 8.75. The number of ether oxygens (including phenoxy) is 1. The fraction of sp³-hybridized carbons (Fsp3) is 0.579. The quantitative estimate of drug-likeness (QED) is 0.594. The lowest BCUT2D eigenvalue weighted by atomic mass is 9.91. The van der Waals surface area contributed by atoms with Crippen molar-refractivity contribution in [2.75, 3.05) is 13.1 Å². The molecule has 1 heterocycles. The Morgan fingerprint density at radius 2 is 1.62 bits per heavy atom. The fourth-order valence-electron chi connectivity index (χ4n) is 2.96. The number of carbonyl (C=O) groups excluding carboxylic acids is 2. The van der Waals surface area contributed by atoms with Crippen LogP contribution in [-0.2, 0) is 9.59 Å². The van der Waals surface area contributed by atoms with Crippen LogP contribution in [0.15, 0.2) is 12.1 Å². The highest BCUT2D eigenvalue weighted by Gasteiger charge is 2.33. The number of amides is 1. The molecule has 0 radical (unpaired) electrons. The average Bonchev–Trinajstić information content (AvgIpc) is 2.51. The topological polar surface area (TPSA) is 46.6 Å². The smallest absolute Gasteiger partial charge is 0.314 e. The van der Waals surface area contributed by atoms with Crippen molar-refractivity contribution in [3.8, 4) is 5.75 Å². The summed E-state index contributed by atoms with van der Waals surface area (Å²) in [6, 6.07) is 3.57. The van der Waals surface area contributed by atoms with Crippen LogP contribution in [0, 0.1) is 25.2 Å². The number of esters is 1. The van der Waals surface area contributed by atoms with E-state index in [2.05, 4.69) is 0 Å². The van der Waals surface area contributed by atoms with Crippen LogP contribution in [0.5, 0.6) is 5.75 Å². The van der Waals surface area contributed by atoms with E-state index in [1.54, 1.807) is 12.1 Å². The first kappa shape index (κ1) is 18.8. The van der Waals surface area contributed by atoms with E-state index < -0.39 is 0 Å². The molecule has 1 aliphatic rings. The minimum atomic E-state index is -0.383. The summed E-state index contributed by atoms with van der Waals surface area (Å²) in [5, 5.41) is 0.698. The van der Waals surface area contributed by atoms with E-state index in [4.69, 9.17) is 16.3 Å². The van der Waals surface area contributed by atoms with E-state index in [1.807, 2.05) is 39.5 Å². The molecule has 0 atom stereocenters. The Morgan fingerprint density at radius 1 is 1.12 bits per heavy atom. The number of carbonyl (C=O) groups is 2. The van der Waals surface area contributed by atoms with Gasteiger partial charge in [-0.1, -0.05) is 32.4 Å². The summed E-state index contributed by atoms with van der Waals surface area (Å²) >= 11 is 6.14. The third-order valence-electron chi connectivity index (χ3n) is 4.39. The molecule has 0 N–H and O–H groups in total. The van der Waals surface area contributed by atoms with Gasteiger partial charge >= 0.3 is 5.97 Å². The van der Waals surface area contributed by atoms with E-state index in [1.165, 1.54) is 0 Å². The van der Waals surface area contributed by atoms with E-state index in [0.717, 1.165) is 11.1 Å². The van der Waals surface area contributed by atoms with Crippen molar-refractivity contribution in [3.63, 3.8) is 0 Å². The molecule has 5 heteroatoms. The Balaban J connectivity index is 1.95. The van der Waals surface area contributed by atoms with Crippen LogP contribution in [0.25, 0.3) is 0 Å². The van der Waals surface area contributed by atoms with Crippen molar-refractivity contribution in [2.45, 2.75) is 47.5 Å². The van der Waals surface area contributed by atoms with Gasteiger partial charge in [0.25, 0.3) is 0 Å². The number of piperidine rings is 1. The zero-order chi connectivity index (χ0) is 18.1. The van der Waals surface area contributed by atoms with Crippen LogP contribution in [0.3, 0.4) is 0 Å². The Labute approximate surface area is 149 Å². The molecule has 1 aromatic carbocycles. The third kappa shape index (κ3) is 4.29. The van der Waals surface area contributed by atoms with Gasteiger partial charge in [-0.2, -0.15) is 0 Å².